The van der Waals surface area contributed by atoms with E-state index in [0.29, 0.717) is 0 Å². The monoisotopic (exact) mass is 756 g/mol. The van der Waals surface area contributed by atoms with Gasteiger partial charge in [-0.1, -0.05) is 119 Å². The Morgan fingerprint density at radius 3 is 1.82 bits per heavy atom. The van der Waals surface area contributed by atoms with E-state index in [1.54, 1.807) is 0 Å². The lowest BCUT2D eigenvalue weighted by Crippen LogP contribution is -2.15. The molecule has 57 heavy (non-hydrogen) atoms. The Labute approximate surface area is 340 Å². The first-order valence-electron chi connectivity index (χ1n) is 20.3. The largest absolute Gasteiger partial charge is 0.457 e. The number of hydrogen-bond acceptors (Lipinski definition) is 4. The Bertz CT molecular complexity index is 2580. The highest BCUT2D eigenvalue weighted by Crippen LogP contribution is 2.41. The summed E-state index contributed by atoms with van der Waals surface area (Å²) in [5, 5.41) is 6.09. The van der Waals surface area contributed by atoms with Crippen molar-refractivity contribution in [3.63, 3.8) is 0 Å². The van der Waals surface area contributed by atoms with Crippen LogP contribution in [0.25, 0.3) is 27.6 Å². The number of ether oxygens (including phenoxy) is 1. The fourth-order valence-corrected chi connectivity index (χ4v) is 7.42. The van der Waals surface area contributed by atoms with Crippen LogP contribution in [0.15, 0.2) is 121 Å². The van der Waals surface area contributed by atoms with Crippen molar-refractivity contribution in [3.8, 4) is 17.3 Å². The van der Waals surface area contributed by atoms with Gasteiger partial charge in [0.1, 0.15) is 17.3 Å². The van der Waals surface area contributed by atoms with Gasteiger partial charge in [-0.15, -0.1) is 0 Å². The molecule has 2 aromatic heterocycles. The van der Waals surface area contributed by atoms with Crippen LogP contribution in [0.5, 0.6) is 11.5 Å². The van der Waals surface area contributed by atoms with Crippen molar-refractivity contribution >= 4 is 44.6 Å². The molecule has 0 amide bonds. The highest BCUT2D eigenvalue weighted by molar-refractivity contribution is 6.09. The molecule has 0 aliphatic rings. The molecule has 5 aromatic carbocycles. The molecule has 5 nitrogen and oxygen atoms in total. The van der Waals surface area contributed by atoms with Gasteiger partial charge in [0.25, 0.3) is 0 Å². The summed E-state index contributed by atoms with van der Waals surface area (Å²) in [5.74, 6) is 2.47. The minimum absolute atomic E-state index is 0.00127. The standard InChI is InChI=1S/C52H60N4O/c1-49(2,3)34-17-16-18-38(27-34)54-44-19-14-15-20-45(44)55(13)39-28-37(52(10,11)12)29-41(32-39)57-40-22-24-43-42-23-21-35(50(4,5)6)30-46(42)56(47(43)33-40)48-31-36(25-26-53-48)51(7,8)9/h14-33,54H,1-13H3. The van der Waals surface area contributed by atoms with Gasteiger partial charge in [-0.3, -0.25) is 4.57 Å². The Morgan fingerprint density at radius 2 is 1.14 bits per heavy atom. The molecule has 7 rings (SSSR count). The van der Waals surface area contributed by atoms with E-state index < -0.39 is 0 Å². The fraction of sp³-hybridized carbons (Fsp3) is 0.327. The second-order valence-corrected chi connectivity index (χ2v) is 19.7. The summed E-state index contributed by atoms with van der Waals surface area (Å²) >= 11 is 0. The van der Waals surface area contributed by atoms with Crippen molar-refractivity contribution in [2.75, 3.05) is 17.3 Å². The van der Waals surface area contributed by atoms with Gasteiger partial charge < -0.3 is 15.0 Å². The molecule has 0 saturated carbocycles. The van der Waals surface area contributed by atoms with Gasteiger partial charge in [0.05, 0.1) is 22.4 Å². The zero-order valence-corrected chi connectivity index (χ0v) is 36.3. The van der Waals surface area contributed by atoms with E-state index in [4.69, 9.17) is 9.72 Å². The highest BCUT2D eigenvalue weighted by Gasteiger charge is 2.23. The molecule has 0 radical (unpaired) electrons. The average molecular weight is 757 g/mol. The van der Waals surface area contributed by atoms with Gasteiger partial charge in [0, 0.05) is 47.5 Å². The first kappa shape index (κ1) is 39.7. The molecule has 0 aliphatic heterocycles. The quantitative estimate of drug-likeness (QED) is 0.176. The van der Waals surface area contributed by atoms with E-state index in [9.17, 15) is 0 Å². The van der Waals surface area contributed by atoms with Crippen molar-refractivity contribution in [2.45, 2.75) is 105 Å². The second-order valence-electron chi connectivity index (χ2n) is 19.7. The molecule has 0 aliphatic carbocycles. The maximum Gasteiger partial charge on any atom is 0.137 e. The van der Waals surface area contributed by atoms with E-state index in [1.807, 2.05) is 6.20 Å². The Hall–Kier alpha value is -5.55. The number of aromatic nitrogens is 2. The first-order chi connectivity index (χ1) is 26.7. The predicted octanol–water partition coefficient (Wildman–Crippen LogP) is 14.7. The van der Waals surface area contributed by atoms with Crippen molar-refractivity contribution in [1.82, 2.24) is 9.55 Å². The van der Waals surface area contributed by atoms with Crippen LogP contribution >= 0.6 is 0 Å². The zero-order valence-electron chi connectivity index (χ0n) is 36.3. The van der Waals surface area contributed by atoms with Crippen molar-refractivity contribution in [1.29, 1.82) is 0 Å². The van der Waals surface area contributed by atoms with Gasteiger partial charge in [-0.2, -0.15) is 0 Å². The van der Waals surface area contributed by atoms with Gasteiger partial charge in [-0.05, 0) is 111 Å². The molecule has 0 atom stereocenters. The van der Waals surface area contributed by atoms with Crippen LogP contribution in [0.4, 0.5) is 22.7 Å². The maximum absolute atomic E-state index is 6.89. The van der Waals surface area contributed by atoms with Crippen LogP contribution < -0.4 is 15.0 Å². The third-order valence-corrected chi connectivity index (χ3v) is 11.1. The van der Waals surface area contributed by atoms with E-state index in [2.05, 4.69) is 220 Å². The number of para-hydroxylation sites is 2. The lowest BCUT2D eigenvalue weighted by molar-refractivity contribution is 0.479. The number of nitrogens with zero attached hydrogens (tertiary/aromatic N) is 3. The van der Waals surface area contributed by atoms with Gasteiger partial charge in [0.15, 0.2) is 0 Å². The lowest BCUT2D eigenvalue weighted by Gasteiger charge is -2.27. The number of nitrogens with one attached hydrogen (secondary N) is 1. The average Bonchev–Trinajstić information content (AvgIpc) is 3.46. The van der Waals surface area contributed by atoms with E-state index >= 15 is 0 Å². The fourth-order valence-electron chi connectivity index (χ4n) is 7.42. The number of fused-ring (bicyclic) bond motifs is 3. The summed E-state index contributed by atoms with van der Waals surface area (Å²) in [6.07, 6.45) is 1.94. The number of hydrogen-bond donors (Lipinski definition) is 1. The van der Waals surface area contributed by atoms with E-state index in [0.717, 1.165) is 51.1 Å². The number of benzene rings is 5. The van der Waals surface area contributed by atoms with Gasteiger partial charge in [-0.25, -0.2) is 4.98 Å². The lowest BCUT2D eigenvalue weighted by atomic mass is 9.86. The maximum atomic E-state index is 6.89. The van der Waals surface area contributed by atoms with Crippen LogP contribution in [0.3, 0.4) is 0 Å². The van der Waals surface area contributed by atoms with Crippen LogP contribution in [-0.4, -0.2) is 16.6 Å². The summed E-state index contributed by atoms with van der Waals surface area (Å²) in [6.45, 7) is 27.1. The van der Waals surface area contributed by atoms with Crippen molar-refractivity contribution in [2.24, 2.45) is 0 Å². The summed E-state index contributed by atoms with van der Waals surface area (Å²) in [6, 6.07) is 41.5. The zero-order chi connectivity index (χ0) is 41.1. The topological polar surface area (TPSA) is 42.3 Å². The molecule has 0 unspecified atom stereocenters. The SMILES string of the molecule is CN(c1cc(Oc2ccc3c4ccc(C(C)(C)C)cc4n(-c4cc(C(C)(C)C)ccn4)c3c2)cc(C(C)(C)C)c1)c1ccccc1Nc1cccc(C(C)(C)C)c1. The third-order valence-electron chi connectivity index (χ3n) is 11.1. The Kier molecular flexibility index (Phi) is 10.0. The molecule has 0 fully saturated rings. The molecule has 1 N–H and O–H groups in total. The van der Waals surface area contributed by atoms with Crippen molar-refractivity contribution in [3.05, 3.63) is 144 Å². The summed E-state index contributed by atoms with van der Waals surface area (Å²) in [7, 11) is 2.13. The van der Waals surface area contributed by atoms with Gasteiger partial charge >= 0.3 is 0 Å². The molecule has 0 saturated heterocycles. The Morgan fingerprint density at radius 1 is 0.526 bits per heavy atom. The molecule has 294 valence electrons. The third kappa shape index (κ3) is 8.30. The Balaban J connectivity index is 1.31. The number of rotatable bonds is 7. The molecule has 7 aromatic rings. The molecule has 0 spiro atoms. The van der Waals surface area contributed by atoms with Crippen LogP contribution in [0.1, 0.15) is 105 Å². The van der Waals surface area contributed by atoms with Crippen LogP contribution in [-0.2, 0) is 21.7 Å². The molecule has 2 heterocycles. The minimum Gasteiger partial charge on any atom is -0.457 e. The molecule has 5 heteroatoms. The van der Waals surface area contributed by atoms with E-state index in [-0.39, 0.29) is 21.7 Å². The van der Waals surface area contributed by atoms with Crippen LogP contribution in [0, 0.1) is 0 Å². The van der Waals surface area contributed by atoms with Gasteiger partial charge in [0.2, 0.25) is 0 Å². The number of pyridine rings is 1. The normalized spacial score (nSPS) is 12.6. The highest BCUT2D eigenvalue weighted by atomic mass is 16.5. The predicted molar refractivity (Wildman–Crippen MR) is 244 cm³/mol. The molecular formula is C52H60N4O. The summed E-state index contributed by atoms with van der Waals surface area (Å²) < 4.78 is 9.20. The van der Waals surface area contributed by atoms with Crippen molar-refractivity contribution < 1.29 is 4.74 Å². The number of anilines is 4. The van der Waals surface area contributed by atoms with Crippen LogP contribution in [0.2, 0.25) is 0 Å². The molecule has 0 bridgehead atoms. The second kappa shape index (κ2) is 14.4. The first-order valence-corrected chi connectivity index (χ1v) is 20.3. The minimum atomic E-state index is -0.106. The summed E-state index contributed by atoms with van der Waals surface area (Å²) in [4.78, 5) is 7.21. The smallest absolute Gasteiger partial charge is 0.137 e. The molecular weight excluding hydrogens is 697 g/mol. The summed E-state index contributed by atoms with van der Waals surface area (Å²) in [5.41, 5.74) is 11.4. The van der Waals surface area contributed by atoms with E-state index in [1.165, 1.54) is 33.0 Å².